The van der Waals surface area contributed by atoms with Gasteiger partial charge < -0.3 is 14.8 Å². The van der Waals surface area contributed by atoms with Gasteiger partial charge in [0.1, 0.15) is 0 Å². The summed E-state index contributed by atoms with van der Waals surface area (Å²) in [6, 6.07) is 0.715. The van der Waals surface area contributed by atoms with E-state index in [2.05, 4.69) is 5.32 Å². The lowest BCUT2D eigenvalue weighted by Crippen LogP contribution is -2.59. The van der Waals surface area contributed by atoms with E-state index in [0.29, 0.717) is 11.6 Å². The van der Waals surface area contributed by atoms with Gasteiger partial charge in [0.15, 0.2) is 0 Å². The van der Waals surface area contributed by atoms with Crippen molar-refractivity contribution >= 4 is 0 Å². The molecule has 0 amide bonds. The van der Waals surface area contributed by atoms with Gasteiger partial charge in [0.05, 0.1) is 12.2 Å². The van der Waals surface area contributed by atoms with E-state index in [1.165, 1.54) is 25.7 Å². The Morgan fingerprint density at radius 1 is 1.50 bits per heavy atom. The van der Waals surface area contributed by atoms with Crippen LogP contribution in [0.2, 0.25) is 0 Å². The topological polar surface area (TPSA) is 30.5 Å². The number of methoxy groups -OCH3 is 1. The summed E-state index contributed by atoms with van der Waals surface area (Å²) in [4.78, 5) is 0. The van der Waals surface area contributed by atoms with E-state index >= 15 is 0 Å². The molecular formula is C13H23NO2. The highest BCUT2D eigenvalue weighted by Gasteiger charge is 2.63. The Hall–Kier alpha value is -0.120. The zero-order chi connectivity index (χ0) is 11.0. The van der Waals surface area contributed by atoms with E-state index in [9.17, 15) is 0 Å². The summed E-state index contributed by atoms with van der Waals surface area (Å²) in [7, 11) is 1.77. The molecule has 4 atom stereocenters. The van der Waals surface area contributed by atoms with E-state index in [1.807, 2.05) is 0 Å². The van der Waals surface area contributed by atoms with E-state index in [1.54, 1.807) is 7.11 Å². The summed E-state index contributed by atoms with van der Waals surface area (Å²) in [6.07, 6.45) is 6.46. The molecule has 2 saturated heterocycles. The molecule has 1 spiro atoms. The molecule has 4 aliphatic rings. The Morgan fingerprint density at radius 3 is 3.25 bits per heavy atom. The maximum atomic E-state index is 6.01. The second-order valence-corrected chi connectivity index (χ2v) is 5.66. The van der Waals surface area contributed by atoms with E-state index in [0.717, 1.165) is 38.0 Å². The number of rotatable bonds is 5. The molecule has 2 bridgehead atoms. The third-order valence-electron chi connectivity index (χ3n) is 4.79. The normalized spacial score (nSPS) is 45.2. The molecule has 2 aliphatic carbocycles. The third-order valence-corrected chi connectivity index (χ3v) is 4.79. The summed E-state index contributed by atoms with van der Waals surface area (Å²) in [6.45, 7) is 2.99. The van der Waals surface area contributed by atoms with Crippen LogP contribution in [0.5, 0.6) is 0 Å². The van der Waals surface area contributed by atoms with Gasteiger partial charge in [-0.1, -0.05) is 0 Å². The minimum Gasteiger partial charge on any atom is -0.385 e. The monoisotopic (exact) mass is 225 g/mol. The van der Waals surface area contributed by atoms with Crippen molar-refractivity contribution < 1.29 is 9.47 Å². The van der Waals surface area contributed by atoms with Crippen LogP contribution in [0.1, 0.15) is 32.1 Å². The van der Waals surface area contributed by atoms with Crippen LogP contribution >= 0.6 is 0 Å². The first-order valence-electron chi connectivity index (χ1n) is 6.72. The highest BCUT2D eigenvalue weighted by molar-refractivity contribution is 5.14. The van der Waals surface area contributed by atoms with E-state index in [4.69, 9.17) is 9.47 Å². The highest BCUT2D eigenvalue weighted by Crippen LogP contribution is 2.60. The molecule has 3 heteroatoms. The molecule has 0 aromatic rings. The van der Waals surface area contributed by atoms with Crippen molar-refractivity contribution in [2.75, 3.05) is 26.9 Å². The van der Waals surface area contributed by atoms with E-state index < -0.39 is 0 Å². The average molecular weight is 225 g/mol. The van der Waals surface area contributed by atoms with Crippen LogP contribution in [0.25, 0.3) is 0 Å². The van der Waals surface area contributed by atoms with Gasteiger partial charge >= 0.3 is 0 Å². The maximum absolute atomic E-state index is 6.01. The van der Waals surface area contributed by atoms with Gasteiger partial charge in [-0.2, -0.15) is 0 Å². The fourth-order valence-corrected chi connectivity index (χ4v) is 4.14. The number of hydrogen-bond donors (Lipinski definition) is 1. The number of nitrogens with one attached hydrogen (secondary N) is 1. The smallest absolute Gasteiger partial charge is 0.0732 e. The predicted octanol–water partition coefficient (Wildman–Crippen LogP) is 1.57. The summed E-state index contributed by atoms with van der Waals surface area (Å²) >= 11 is 0. The molecular weight excluding hydrogens is 202 g/mol. The number of fused-ring (bicyclic) bond motifs is 1. The second kappa shape index (κ2) is 4.28. The predicted molar refractivity (Wildman–Crippen MR) is 62.4 cm³/mol. The first kappa shape index (κ1) is 11.0. The van der Waals surface area contributed by atoms with Crippen LogP contribution in [0.3, 0.4) is 0 Å². The fourth-order valence-electron chi connectivity index (χ4n) is 4.14. The molecule has 1 N–H and O–H groups in total. The quantitative estimate of drug-likeness (QED) is 0.720. The molecule has 2 saturated carbocycles. The van der Waals surface area contributed by atoms with Crippen molar-refractivity contribution in [2.45, 2.75) is 43.7 Å². The second-order valence-electron chi connectivity index (χ2n) is 5.66. The van der Waals surface area contributed by atoms with Gasteiger partial charge in [0, 0.05) is 25.7 Å². The molecule has 2 aliphatic heterocycles. The van der Waals surface area contributed by atoms with Gasteiger partial charge in [-0.25, -0.2) is 0 Å². The summed E-state index contributed by atoms with van der Waals surface area (Å²) in [5.41, 5.74) is 0.307. The number of ether oxygens (including phenoxy) is 2. The molecule has 0 aromatic carbocycles. The Bertz CT molecular complexity index is 254. The summed E-state index contributed by atoms with van der Waals surface area (Å²) in [5.74, 6) is 1.68. The summed E-state index contributed by atoms with van der Waals surface area (Å²) < 4.78 is 11.1. The minimum atomic E-state index is 0.307. The molecule has 92 valence electrons. The van der Waals surface area contributed by atoms with Crippen molar-refractivity contribution in [3.63, 3.8) is 0 Å². The summed E-state index contributed by atoms with van der Waals surface area (Å²) in [5, 5.41) is 3.72. The SMILES string of the molecule is COCCCNC1CCCC23CC(CO2)C13. The van der Waals surface area contributed by atoms with Crippen LogP contribution in [-0.2, 0) is 9.47 Å². The van der Waals surface area contributed by atoms with Gasteiger partial charge in [-0.05, 0) is 44.6 Å². The van der Waals surface area contributed by atoms with Crippen LogP contribution in [0.4, 0.5) is 0 Å². The van der Waals surface area contributed by atoms with Gasteiger partial charge in [0.2, 0.25) is 0 Å². The maximum Gasteiger partial charge on any atom is 0.0732 e. The van der Waals surface area contributed by atoms with Gasteiger partial charge in [-0.15, -0.1) is 0 Å². The Labute approximate surface area is 97.9 Å². The average Bonchev–Trinajstić information content (AvgIpc) is 2.82. The first-order chi connectivity index (χ1) is 7.86. The van der Waals surface area contributed by atoms with Crippen molar-refractivity contribution in [1.29, 1.82) is 0 Å². The standard InChI is InChI=1S/C13H23NO2/c1-15-7-3-6-14-11-4-2-5-13-8-10(9-16-13)12(11)13/h10-12,14H,2-9H2,1H3. The molecule has 4 rings (SSSR count). The molecule has 0 radical (unpaired) electrons. The molecule has 4 unspecified atom stereocenters. The van der Waals surface area contributed by atoms with Crippen molar-refractivity contribution in [3.8, 4) is 0 Å². The lowest BCUT2D eigenvalue weighted by atomic mass is 9.56. The molecule has 2 heterocycles. The zero-order valence-electron chi connectivity index (χ0n) is 10.2. The third kappa shape index (κ3) is 1.60. The number of hydrogen-bond acceptors (Lipinski definition) is 3. The Balaban J connectivity index is 1.52. The Kier molecular flexibility index (Phi) is 2.94. The van der Waals surface area contributed by atoms with Crippen LogP contribution in [0, 0.1) is 11.8 Å². The Morgan fingerprint density at radius 2 is 2.44 bits per heavy atom. The zero-order valence-corrected chi connectivity index (χ0v) is 10.2. The van der Waals surface area contributed by atoms with Crippen molar-refractivity contribution in [2.24, 2.45) is 11.8 Å². The lowest BCUT2D eigenvalue weighted by Gasteiger charge is -2.52. The highest BCUT2D eigenvalue weighted by atomic mass is 16.5. The molecule has 4 fully saturated rings. The molecule has 0 aromatic heterocycles. The fraction of sp³-hybridized carbons (Fsp3) is 1.00. The van der Waals surface area contributed by atoms with Gasteiger partial charge in [0.25, 0.3) is 0 Å². The largest absolute Gasteiger partial charge is 0.385 e. The van der Waals surface area contributed by atoms with E-state index in [-0.39, 0.29) is 0 Å². The van der Waals surface area contributed by atoms with Crippen LogP contribution in [-0.4, -0.2) is 38.5 Å². The van der Waals surface area contributed by atoms with Crippen LogP contribution in [0.15, 0.2) is 0 Å². The van der Waals surface area contributed by atoms with Crippen molar-refractivity contribution in [1.82, 2.24) is 5.32 Å². The molecule has 16 heavy (non-hydrogen) atoms. The molecule has 3 nitrogen and oxygen atoms in total. The first-order valence-corrected chi connectivity index (χ1v) is 6.72. The minimum absolute atomic E-state index is 0.307. The van der Waals surface area contributed by atoms with Crippen molar-refractivity contribution in [3.05, 3.63) is 0 Å². The van der Waals surface area contributed by atoms with Crippen LogP contribution < -0.4 is 5.32 Å². The van der Waals surface area contributed by atoms with Gasteiger partial charge in [-0.3, -0.25) is 0 Å². The lowest BCUT2D eigenvalue weighted by molar-refractivity contribution is -0.0928.